The van der Waals surface area contributed by atoms with Crippen LogP contribution in [0.4, 0.5) is 14.7 Å². The van der Waals surface area contributed by atoms with Gasteiger partial charge in [0.15, 0.2) is 0 Å². The third kappa shape index (κ3) is 2.77. The lowest BCUT2D eigenvalue weighted by molar-refractivity contribution is 0.278. The molecule has 1 fully saturated rings. The summed E-state index contributed by atoms with van der Waals surface area (Å²) in [4.78, 5) is 7.29. The number of sulfonamides is 1. The van der Waals surface area contributed by atoms with E-state index in [1.807, 2.05) is 0 Å². The number of anilines is 1. The molecule has 0 aliphatic carbocycles. The molecule has 3 rings (SSSR count). The summed E-state index contributed by atoms with van der Waals surface area (Å²) in [6, 6.07) is 3.85. The maximum Gasteiger partial charge on any atom is 0.246 e. The van der Waals surface area contributed by atoms with E-state index in [4.69, 9.17) is 0 Å². The van der Waals surface area contributed by atoms with Gasteiger partial charge in [0, 0.05) is 25.5 Å². The predicted octanol–water partition coefficient (Wildman–Crippen LogP) is 1.24. The van der Waals surface area contributed by atoms with Gasteiger partial charge in [0.05, 0.1) is 6.04 Å². The summed E-state index contributed by atoms with van der Waals surface area (Å²) < 4.78 is 52.3. The molecule has 0 atom stereocenters. The van der Waals surface area contributed by atoms with Crippen molar-refractivity contribution >= 4 is 16.0 Å². The predicted molar refractivity (Wildman–Crippen MR) is 74.6 cm³/mol. The van der Waals surface area contributed by atoms with E-state index in [-0.39, 0.29) is 19.1 Å². The highest BCUT2D eigenvalue weighted by atomic mass is 32.2. The lowest BCUT2D eigenvalue weighted by Gasteiger charge is -2.38. The lowest BCUT2D eigenvalue weighted by atomic mass is 10.2. The van der Waals surface area contributed by atoms with E-state index in [1.165, 1.54) is 0 Å². The van der Waals surface area contributed by atoms with Gasteiger partial charge in [0.25, 0.3) is 0 Å². The number of aromatic nitrogens is 2. The van der Waals surface area contributed by atoms with Gasteiger partial charge >= 0.3 is 0 Å². The standard InChI is InChI=1S/C13H12F2N4O2S/c14-9-2-3-11(15)12(6-9)22(20,21)19-7-10(8-19)18-13-16-4-1-5-17-13/h1-6,10H,7-8H2,(H,16,17,18). The van der Waals surface area contributed by atoms with E-state index < -0.39 is 26.6 Å². The highest BCUT2D eigenvalue weighted by molar-refractivity contribution is 7.89. The second-order valence-electron chi connectivity index (χ2n) is 4.81. The molecular weight excluding hydrogens is 314 g/mol. The molecule has 0 bridgehead atoms. The van der Waals surface area contributed by atoms with Gasteiger partial charge in [-0.15, -0.1) is 0 Å². The third-order valence-electron chi connectivity index (χ3n) is 3.26. The average Bonchev–Trinajstić information content (AvgIpc) is 2.45. The molecule has 2 aromatic rings. The fraction of sp³-hybridized carbons (Fsp3) is 0.231. The Kier molecular flexibility index (Phi) is 3.75. The van der Waals surface area contributed by atoms with Crippen molar-refractivity contribution in [1.29, 1.82) is 0 Å². The fourth-order valence-electron chi connectivity index (χ4n) is 2.10. The van der Waals surface area contributed by atoms with E-state index in [0.29, 0.717) is 12.0 Å². The van der Waals surface area contributed by atoms with Crippen LogP contribution in [0.1, 0.15) is 0 Å². The van der Waals surface area contributed by atoms with Crippen molar-refractivity contribution in [2.24, 2.45) is 0 Å². The molecular formula is C13H12F2N4O2S. The zero-order valence-electron chi connectivity index (χ0n) is 11.3. The molecule has 0 spiro atoms. The van der Waals surface area contributed by atoms with Gasteiger partial charge < -0.3 is 5.32 Å². The average molecular weight is 326 g/mol. The molecule has 116 valence electrons. The van der Waals surface area contributed by atoms with Crippen LogP contribution in [0, 0.1) is 11.6 Å². The van der Waals surface area contributed by atoms with Crippen molar-refractivity contribution < 1.29 is 17.2 Å². The maximum atomic E-state index is 13.6. The number of rotatable bonds is 4. The summed E-state index contributed by atoms with van der Waals surface area (Å²) in [5.41, 5.74) is 0. The Hall–Kier alpha value is -2.13. The minimum atomic E-state index is -4.04. The van der Waals surface area contributed by atoms with Gasteiger partial charge in [-0.3, -0.25) is 0 Å². The largest absolute Gasteiger partial charge is 0.349 e. The summed E-state index contributed by atoms with van der Waals surface area (Å²) >= 11 is 0. The minimum absolute atomic E-state index is 0.135. The van der Waals surface area contributed by atoms with Crippen molar-refractivity contribution in [3.8, 4) is 0 Å². The molecule has 1 N–H and O–H groups in total. The maximum absolute atomic E-state index is 13.6. The number of nitrogens with zero attached hydrogens (tertiary/aromatic N) is 3. The number of halogens is 2. The summed E-state index contributed by atoms with van der Waals surface area (Å²) in [5, 5.41) is 2.96. The van der Waals surface area contributed by atoms with Crippen molar-refractivity contribution in [1.82, 2.24) is 14.3 Å². The van der Waals surface area contributed by atoms with E-state index in [0.717, 1.165) is 16.4 Å². The number of hydrogen-bond acceptors (Lipinski definition) is 5. The Labute approximate surface area is 125 Å². The topological polar surface area (TPSA) is 75.2 Å². The van der Waals surface area contributed by atoms with Crippen LogP contribution in [0.15, 0.2) is 41.6 Å². The molecule has 1 aromatic carbocycles. The normalized spacial score (nSPS) is 16.3. The molecule has 1 aromatic heterocycles. The molecule has 1 saturated heterocycles. The Bertz CT molecular complexity index is 780. The van der Waals surface area contributed by atoms with Gasteiger partial charge in [-0.2, -0.15) is 4.31 Å². The van der Waals surface area contributed by atoms with Crippen LogP contribution in [0.5, 0.6) is 0 Å². The molecule has 0 amide bonds. The first kappa shape index (κ1) is 14.8. The van der Waals surface area contributed by atoms with Crippen LogP contribution in [0.25, 0.3) is 0 Å². The second kappa shape index (κ2) is 5.58. The quantitative estimate of drug-likeness (QED) is 0.915. The second-order valence-corrected chi connectivity index (χ2v) is 6.72. The fourth-order valence-corrected chi connectivity index (χ4v) is 3.70. The molecule has 0 saturated carbocycles. The first-order valence-electron chi connectivity index (χ1n) is 6.45. The molecule has 22 heavy (non-hydrogen) atoms. The SMILES string of the molecule is O=S(=O)(c1cc(F)ccc1F)N1CC(Nc2ncccn2)C1. The zero-order valence-corrected chi connectivity index (χ0v) is 12.1. The number of benzene rings is 1. The molecule has 9 heteroatoms. The zero-order chi connectivity index (χ0) is 15.7. The van der Waals surface area contributed by atoms with Gasteiger partial charge in [0.2, 0.25) is 16.0 Å². The summed E-state index contributed by atoms with van der Waals surface area (Å²) in [7, 11) is -4.04. The van der Waals surface area contributed by atoms with Crippen molar-refractivity contribution in [3.63, 3.8) is 0 Å². The van der Waals surface area contributed by atoms with Crippen LogP contribution in [0.2, 0.25) is 0 Å². The van der Waals surface area contributed by atoms with Crippen LogP contribution in [0.3, 0.4) is 0 Å². The Morgan fingerprint density at radius 3 is 2.55 bits per heavy atom. The van der Waals surface area contributed by atoms with E-state index in [2.05, 4.69) is 15.3 Å². The molecule has 2 heterocycles. The molecule has 1 aliphatic rings. The molecule has 0 unspecified atom stereocenters. The van der Waals surface area contributed by atoms with Crippen LogP contribution in [-0.2, 0) is 10.0 Å². The highest BCUT2D eigenvalue weighted by Gasteiger charge is 2.38. The van der Waals surface area contributed by atoms with Crippen molar-refractivity contribution in [2.75, 3.05) is 18.4 Å². The van der Waals surface area contributed by atoms with Crippen LogP contribution in [-0.4, -0.2) is 41.8 Å². The smallest absolute Gasteiger partial charge is 0.246 e. The van der Waals surface area contributed by atoms with Crippen molar-refractivity contribution in [2.45, 2.75) is 10.9 Å². The number of nitrogens with one attached hydrogen (secondary N) is 1. The minimum Gasteiger partial charge on any atom is -0.349 e. The van der Waals surface area contributed by atoms with E-state index in [1.54, 1.807) is 18.5 Å². The van der Waals surface area contributed by atoms with E-state index >= 15 is 0 Å². The molecule has 6 nitrogen and oxygen atoms in total. The highest BCUT2D eigenvalue weighted by Crippen LogP contribution is 2.25. The monoisotopic (exact) mass is 326 g/mol. The van der Waals surface area contributed by atoms with Crippen LogP contribution < -0.4 is 5.32 Å². The first-order chi connectivity index (χ1) is 10.5. The van der Waals surface area contributed by atoms with Gasteiger partial charge in [-0.1, -0.05) is 0 Å². The van der Waals surface area contributed by atoms with Crippen molar-refractivity contribution in [3.05, 3.63) is 48.3 Å². The molecule has 1 aliphatic heterocycles. The lowest BCUT2D eigenvalue weighted by Crippen LogP contribution is -2.57. The Balaban J connectivity index is 1.70. The van der Waals surface area contributed by atoms with E-state index in [9.17, 15) is 17.2 Å². The summed E-state index contributed by atoms with van der Waals surface area (Å²) in [6.45, 7) is 0.271. The van der Waals surface area contributed by atoms with Gasteiger partial charge in [-0.25, -0.2) is 27.2 Å². The number of hydrogen-bond donors (Lipinski definition) is 1. The van der Waals surface area contributed by atoms with Gasteiger partial charge in [-0.05, 0) is 24.3 Å². The van der Waals surface area contributed by atoms with Gasteiger partial charge in [0.1, 0.15) is 16.5 Å². The first-order valence-corrected chi connectivity index (χ1v) is 7.89. The summed E-state index contributed by atoms with van der Waals surface area (Å²) in [6.07, 6.45) is 3.12. The third-order valence-corrected chi connectivity index (χ3v) is 5.10. The summed E-state index contributed by atoms with van der Waals surface area (Å²) in [5.74, 6) is -1.38. The molecule has 0 radical (unpaired) electrons. The Morgan fingerprint density at radius 1 is 1.18 bits per heavy atom. The van der Waals surface area contributed by atoms with Crippen LogP contribution >= 0.6 is 0 Å². The Morgan fingerprint density at radius 2 is 1.86 bits per heavy atom.